The Morgan fingerprint density at radius 1 is 1.21 bits per heavy atom. The molecule has 3 rings (SSSR count). The number of hydrogen-bond acceptors (Lipinski definition) is 4. The highest BCUT2D eigenvalue weighted by Crippen LogP contribution is 2.21. The Balaban J connectivity index is 1.86. The molecule has 0 N–H and O–H groups in total. The summed E-state index contributed by atoms with van der Waals surface area (Å²) < 4.78 is 24.0. The van der Waals surface area contributed by atoms with Gasteiger partial charge in [0.1, 0.15) is 11.6 Å². The maximum atomic E-state index is 13.3. The summed E-state index contributed by atoms with van der Waals surface area (Å²) in [5.41, 5.74) is 1.37. The van der Waals surface area contributed by atoms with E-state index >= 15 is 0 Å². The summed E-state index contributed by atoms with van der Waals surface area (Å²) in [6.45, 7) is 2.66. The minimum Gasteiger partial charge on any atom is -0.494 e. The number of halogens is 1. The molecule has 0 saturated carbocycles. The molecule has 0 radical (unpaired) electrons. The average molecular weight is 325 g/mol. The lowest BCUT2D eigenvalue weighted by Gasteiger charge is -2.04. The number of benzene rings is 2. The van der Waals surface area contributed by atoms with Crippen LogP contribution < -0.4 is 4.74 Å². The SMILES string of the molecule is CCCOc1cccc(/C=C2\N=C(c3cccc(F)c3)OC2=O)c1. The molecule has 0 saturated heterocycles. The maximum absolute atomic E-state index is 13.3. The normalized spacial score (nSPS) is 15.3. The molecule has 1 heterocycles. The zero-order chi connectivity index (χ0) is 16.9. The van der Waals surface area contributed by atoms with Crippen LogP contribution in [0.4, 0.5) is 4.39 Å². The molecule has 24 heavy (non-hydrogen) atoms. The number of carbonyl (C=O) groups excluding carboxylic acids is 1. The number of hydrogen-bond donors (Lipinski definition) is 0. The molecule has 1 aliphatic heterocycles. The molecule has 0 bridgehead atoms. The summed E-state index contributed by atoms with van der Waals surface area (Å²) in [6.07, 6.45) is 2.53. The van der Waals surface area contributed by atoms with Gasteiger partial charge in [0.25, 0.3) is 0 Å². The summed E-state index contributed by atoms with van der Waals surface area (Å²) >= 11 is 0. The van der Waals surface area contributed by atoms with Crippen molar-refractivity contribution in [3.8, 4) is 5.75 Å². The monoisotopic (exact) mass is 325 g/mol. The van der Waals surface area contributed by atoms with Gasteiger partial charge in [-0.2, -0.15) is 0 Å². The molecule has 0 spiro atoms. The fraction of sp³-hybridized carbons (Fsp3) is 0.158. The number of esters is 1. The number of ether oxygens (including phenoxy) is 2. The van der Waals surface area contributed by atoms with Gasteiger partial charge in [-0.1, -0.05) is 25.1 Å². The first-order valence-corrected chi connectivity index (χ1v) is 7.67. The molecule has 0 atom stereocenters. The fourth-order valence-electron chi connectivity index (χ4n) is 2.23. The molecule has 5 heteroatoms. The first-order valence-electron chi connectivity index (χ1n) is 7.67. The molecule has 2 aromatic carbocycles. The predicted molar refractivity (Wildman–Crippen MR) is 89.2 cm³/mol. The van der Waals surface area contributed by atoms with Crippen LogP contribution in [0.2, 0.25) is 0 Å². The zero-order valence-corrected chi connectivity index (χ0v) is 13.2. The van der Waals surface area contributed by atoms with E-state index < -0.39 is 11.8 Å². The van der Waals surface area contributed by atoms with Crippen molar-refractivity contribution in [3.63, 3.8) is 0 Å². The van der Waals surface area contributed by atoms with Crippen LogP contribution in [-0.4, -0.2) is 18.5 Å². The minimum absolute atomic E-state index is 0.101. The number of carbonyl (C=O) groups is 1. The van der Waals surface area contributed by atoms with Crippen molar-refractivity contribution < 1.29 is 18.7 Å². The maximum Gasteiger partial charge on any atom is 0.363 e. The van der Waals surface area contributed by atoms with E-state index in [9.17, 15) is 9.18 Å². The average Bonchev–Trinajstić information content (AvgIpc) is 2.94. The van der Waals surface area contributed by atoms with E-state index in [1.807, 2.05) is 31.2 Å². The van der Waals surface area contributed by atoms with Crippen molar-refractivity contribution >= 4 is 17.9 Å². The van der Waals surface area contributed by atoms with Crippen molar-refractivity contribution in [3.05, 3.63) is 71.2 Å². The summed E-state index contributed by atoms with van der Waals surface area (Å²) in [6, 6.07) is 13.1. The Morgan fingerprint density at radius 3 is 2.83 bits per heavy atom. The largest absolute Gasteiger partial charge is 0.494 e. The zero-order valence-electron chi connectivity index (χ0n) is 13.2. The highest BCUT2D eigenvalue weighted by Gasteiger charge is 2.24. The minimum atomic E-state index is -0.561. The predicted octanol–water partition coefficient (Wildman–Crippen LogP) is 3.96. The van der Waals surface area contributed by atoms with E-state index in [-0.39, 0.29) is 11.6 Å². The number of aliphatic imine (C=N–C) groups is 1. The van der Waals surface area contributed by atoms with Gasteiger partial charge in [-0.25, -0.2) is 14.2 Å². The van der Waals surface area contributed by atoms with Crippen LogP contribution >= 0.6 is 0 Å². The molecule has 4 nitrogen and oxygen atoms in total. The Bertz CT molecular complexity index is 827. The quantitative estimate of drug-likeness (QED) is 0.617. The topological polar surface area (TPSA) is 47.9 Å². The molecular formula is C19H16FNO3. The van der Waals surface area contributed by atoms with Crippen LogP contribution in [0.25, 0.3) is 6.08 Å². The summed E-state index contributed by atoms with van der Waals surface area (Å²) in [5.74, 6) is -0.144. The van der Waals surface area contributed by atoms with Crippen LogP contribution in [0.5, 0.6) is 5.75 Å². The second-order valence-corrected chi connectivity index (χ2v) is 5.27. The van der Waals surface area contributed by atoms with Gasteiger partial charge in [-0.3, -0.25) is 0 Å². The molecule has 0 aliphatic carbocycles. The van der Waals surface area contributed by atoms with E-state index in [1.165, 1.54) is 18.2 Å². The summed E-state index contributed by atoms with van der Waals surface area (Å²) in [4.78, 5) is 16.1. The molecule has 0 aromatic heterocycles. The number of rotatable bonds is 5. The third-order valence-corrected chi connectivity index (χ3v) is 3.33. The molecule has 0 fully saturated rings. The molecule has 122 valence electrons. The van der Waals surface area contributed by atoms with Crippen molar-refractivity contribution in [1.82, 2.24) is 0 Å². The van der Waals surface area contributed by atoms with Crippen molar-refractivity contribution in [1.29, 1.82) is 0 Å². The van der Waals surface area contributed by atoms with E-state index in [1.54, 1.807) is 12.1 Å². The van der Waals surface area contributed by atoms with E-state index in [0.29, 0.717) is 12.2 Å². The van der Waals surface area contributed by atoms with Gasteiger partial charge in [0.15, 0.2) is 5.70 Å². The Kier molecular flexibility index (Phi) is 4.70. The second kappa shape index (κ2) is 7.08. The molecule has 1 aliphatic rings. The van der Waals surface area contributed by atoms with E-state index in [4.69, 9.17) is 9.47 Å². The van der Waals surface area contributed by atoms with Crippen LogP contribution in [0.15, 0.2) is 59.2 Å². The van der Waals surface area contributed by atoms with Crippen LogP contribution in [0, 0.1) is 5.82 Å². The number of nitrogens with zero attached hydrogens (tertiary/aromatic N) is 1. The first-order chi connectivity index (χ1) is 11.7. The highest BCUT2D eigenvalue weighted by atomic mass is 19.1. The standard InChI is InChI=1S/C19H16FNO3/c1-2-9-23-16-8-3-5-13(10-16)11-17-19(22)24-18(21-17)14-6-4-7-15(20)12-14/h3-8,10-12H,2,9H2,1H3/b17-11-. The van der Waals surface area contributed by atoms with E-state index in [2.05, 4.69) is 4.99 Å². The van der Waals surface area contributed by atoms with Crippen molar-refractivity contribution in [2.45, 2.75) is 13.3 Å². The van der Waals surface area contributed by atoms with Gasteiger partial charge < -0.3 is 9.47 Å². The fourth-order valence-corrected chi connectivity index (χ4v) is 2.23. The van der Waals surface area contributed by atoms with Gasteiger partial charge >= 0.3 is 5.97 Å². The van der Waals surface area contributed by atoms with Crippen LogP contribution in [-0.2, 0) is 9.53 Å². The first kappa shape index (κ1) is 15.9. The third-order valence-electron chi connectivity index (χ3n) is 3.33. The van der Waals surface area contributed by atoms with E-state index in [0.717, 1.165) is 17.7 Å². The van der Waals surface area contributed by atoms with Crippen molar-refractivity contribution in [2.24, 2.45) is 4.99 Å². The van der Waals surface area contributed by atoms with Gasteiger partial charge in [0, 0.05) is 5.56 Å². The molecule has 2 aromatic rings. The van der Waals surface area contributed by atoms with Gasteiger partial charge in [0.05, 0.1) is 6.61 Å². The Hall–Kier alpha value is -2.95. The third kappa shape index (κ3) is 3.68. The number of cyclic esters (lactones) is 1. The van der Waals surface area contributed by atoms with Crippen molar-refractivity contribution in [2.75, 3.05) is 6.61 Å². The van der Waals surface area contributed by atoms with Crippen LogP contribution in [0.3, 0.4) is 0 Å². The summed E-state index contributed by atoms with van der Waals surface area (Å²) in [5, 5.41) is 0. The van der Waals surface area contributed by atoms with Gasteiger partial charge in [-0.15, -0.1) is 0 Å². The lowest BCUT2D eigenvalue weighted by molar-refractivity contribution is -0.129. The lowest BCUT2D eigenvalue weighted by atomic mass is 10.2. The van der Waals surface area contributed by atoms with Gasteiger partial charge in [-0.05, 0) is 48.4 Å². The molecule has 0 unspecified atom stereocenters. The molecular weight excluding hydrogens is 309 g/mol. The summed E-state index contributed by atoms with van der Waals surface area (Å²) in [7, 11) is 0. The van der Waals surface area contributed by atoms with Gasteiger partial charge in [0.2, 0.25) is 5.90 Å². The smallest absolute Gasteiger partial charge is 0.363 e. The second-order valence-electron chi connectivity index (χ2n) is 5.27. The Labute approximate surface area is 139 Å². The molecule has 0 amide bonds. The van der Waals surface area contributed by atoms with Crippen LogP contribution in [0.1, 0.15) is 24.5 Å². The highest BCUT2D eigenvalue weighted by molar-refractivity contribution is 6.12. The Morgan fingerprint density at radius 2 is 2.04 bits per heavy atom. The lowest BCUT2D eigenvalue weighted by Crippen LogP contribution is -2.05.